The van der Waals surface area contributed by atoms with Crippen molar-refractivity contribution in [1.82, 2.24) is 0 Å². The van der Waals surface area contributed by atoms with Crippen LogP contribution in [0.5, 0.6) is 0 Å². The quantitative estimate of drug-likeness (QED) is 0.713. The number of hydrogen-bond acceptors (Lipinski definition) is 1. The molecule has 66 valence electrons. The van der Waals surface area contributed by atoms with E-state index in [1.807, 2.05) is 34.1 Å². The molecule has 0 aliphatic carbocycles. The molecule has 0 aliphatic heterocycles. The van der Waals surface area contributed by atoms with Gasteiger partial charge in [0, 0.05) is 5.92 Å². The molecular weight excluding hydrogens is 308 g/mol. The van der Waals surface area contributed by atoms with E-state index in [0.717, 1.165) is 0 Å². The molecule has 0 aliphatic rings. The molecule has 0 amide bonds. The molecular formula is C9H18OW. The van der Waals surface area contributed by atoms with Crippen molar-refractivity contribution in [3.8, 4) is 0 Å². The summed E-state index contributed by atoms with van der Waals surface area (Å²) in [5, 5.41) is 0. The molecule has 0 unspecified atom stereocenters. The summed E-state index contributed by atoms with van der Waals surface area (Å²) in [4.78, 5) is 10.4. The van der Waals surface area contributed by atoms with Crippen LogP contribution < -0.4 is 0 Å². The van der Waals surface area contributed by atoms with Gasteiger partial charge in [-0.25, -0.2) is 0 Å². The topological polar surface area (TPSA) is 17.1 Å². The minimum Gasteiger partial charge on any atom is -0.336 e. The van der Waals surface area contributed by atoms with Crippen molar-refractivity contribution in [2.75, 3.05) is 0 Å². The zero-order valence-electron chi connectivity index (χ0n) is 7.89. The first-order valence-corrected chi connectivity index (χ1v) is 3.66. The van der Waals surface area contributed by atoms with Gasteiger partial charge in [-0.2, -0.15) is 13.8 Å². The van der Waals surface area contributed by atoms with Gasteiger partial charge in [-0.3, -0.25) is 0 Å². The Morgan fingerprint density at radius 1 is 1.45 bits per heavy atom. The van der Waals surface area contributed by atoms with E-state index in [9.17, 15) is 4.79 Å². The van der Waals surface area contributed by atoms with Crippen LogP contribution in [-0.4, -0.2) is 5.78 Å². The van der Waals surface area contributed by atoms with Gasteiger partial charge in [-0.15, -0.1) is 6.42 Å². The molecule has 0 aromatic carbocycles. The molecule has 1 nitrogen and oxygen atoms in total. The minimum absolute atomic E-state index is 0. The monoisotopic (exact) mass is 326 g/mol. The third kappa shape index (κ3) is 17.9. The molecule has 11 heavy (non-hydrogen) atoms. The first-order chi connectivity index (χ1) is 4.59. The van der Waals surface area contributed by atoms with Crippen LogP contribution in [0.15, 0.2) is 0 Å². The van der Waals surface area contributed by atoms with E-state index in [2.05, 4.69) is 6.92 Å². The van der Waals surface area contributed by atoms with Gasteiger partial charge in [0.25, 0.3) is 0 Å². The van der Waals surface area contributed by atoms with E-state index >= 15 is 0 Å². The van der Waals surface area contributed by atoms with Crippen LogP contribution in [0.4, 0.5) is 0 Å². The summed E-state index contributed by atoms with van der Waals surface area (Å²) in [5.41, 5.74) is 0. The Bertz CT molecular complexity index is 79.6. The number of hydrogen-bond donors (Lipinski definition) is 0. The zero-order chi connectivity index (χ0) is 8.57. The molecule has 0 N–H and O–H groups in total. The van der Waals surface area contributed by atoms with Gasteiger partial charge < -0.3 is 18.1 Å². The Kier molecular flexibility index (Phi) is 20.6. The van der Waals surface area contributed by atoms with Crippen molar-refractivity contribution in [2.45, 2.75) is 34.1 Å². The summed E-state index contributed by atoms with van der Waals surface area (Å²) in [6.45, 7) is 11.2. The summed E-state index contributed by atoms with van der Waals surface area (Å²) in [6, 6.07) is 0. The van der Waals surface area contributed by atoms with Crippen molar-refractivity contribution in [3.05, 3.63) is 13.3 Å². The maximum Gasteiger partial charge on any atom is 2.00 e. The molecule has 0 radical (unpaired) electrons. The maximum absolute atomic E-state index is 10.4. The third-order valence-electron chi connectivity index (χ3n) is 0.890. The second-order valence-corrected chi connectivity index (χ2v) is 2.45. The van der Waals surface area contributed by atoms with E-state index in [1.54, 1.807) is 0 Å². The summed E-state index contributed by atoms with van der Waals surface area (Å²) in [7, 11) is 0. The van der Waals surface area contributed by atoms with Gasteiger partial charge in [0.05, 0.1) is 0 Å². The van der Waals surface area contributed by atoms with E-state index in [-0.39, 0.29) is 32.8 Å². The molecule has 0 aromatic heterocycles. The van der Waals surface area contributed by atoms with E-state index in [0.29, 0.717) is 6.42 Å². The SMILES string of the molecule is C[CH-]C.[CH2-]CC(=O)C(C)C.[W+2]. The first kappa shape index (κ1) is 17.4. The molecule has 0 rings (SSSR count). The standard InChI is InChI=1S/C6H11O.C3H7.W/c1-4-6(7)5(2)3;1-3-2;/h5H,1,4H2,2-3H3;3H,1-2H3;/q2*-1;+2. The van der Waals surface area contributed by atoms with E-state index in [4.69, 9.17) is 0 Å². The van der Waals surface area contributed by atoms with Gasteiger partial charge in [-0.1, -0.05) is 13.8 Å². The second kappa shape index (κ2) is 13.0. The number of Topliss-reactive ketones (excluding diaryl/α,β-unsaturated/α-hetero) is 1. The van der Waals surface area contributed by atoms with E-state index in [1.165, 1.54) is 0 Å². The maximum atomic E-state index is 10.4. The summed E-state index contributed by atoms with van der Waals surface area (Å²) < 4.78 is 0. The van der Waals surface area contributed by atoms with Gasteiger partial charge in [0.2, 0.25) is 0 Å². The fourth-order valence-electron chi connectivity index (χ4n) is 0.289. The predicted molar refractivity (Wildman–Crippen MR) is 45.5 cm³/mol. The van der Waals surface area contributed by atoms with Crippen molar-refractivity contribution >= 4 is 5.78 Å². The Morgan fingerprint density at radius 3 is 1.73 bits per heavy atom. The normalized spacial score (nSPS) is 7.82. The Balaban J connectivity index is -0.000000140. The minimum atomic E-state index is 0. The van der Waals surface area contributed by atoms with Crippen LogP contribution in [0.2, 0.25) is 0 Å². The van der Waals surface area contributed by atoms with E-state index < -0.39 is 0 Å². The number of rotatable bonds is 2. The first-order valence-electron chi connectivity index (χ1n) is 3.66. The van der Waals surface area contributed by atoms with Crippen molar-refractivity contribution < 1.29 is 25.9 Å². The fraction of sp³-hybridized carbons (Fsp3) is 0.667. The molecule has 0 saturated carbocycles. The molecule has 0 fully saturated rings. The Labute approximate surface area is 85.2 Å². The zero-order valence-corrected chi connectivity index (χ0v) is 10.8. The summed E-state index contributed by atoms with van der Waals surface area (Å²) >= 11 is 0. The predicted octanol–water partition coefficient (Wildman–Crippen LogP) is 2.66. The molecule has 0 atom stereocenters. The summed E-state index contributed by atoms with van der Waals surface area (Å²) in [6.07, 6.45) is 2.43. The van der Waals surface area contributed by atoms with Crippen LogP contribution in [-0.2, 0) is 25.9 Å². The van der Waals surface area contributed by atoms with Crippen LogP contribution in [0.1, 0.15) is 34.1 Å². The van der Waals surface area contributed by atoms with Gasteiger partial charge in [0.1, 0.15) is 5.78 Å². The van der Waals surface area contributed by atoms with Gasteiger partial charge in [0.15, 0.2) is 0 Å². The number of ketones is 1. The van der Waals surface area contributed by atoms with Gasteiger partial charge >= 0.3 is 21.1 Å². The Morgan fingerprint density at radius 2 is 1.73 bits per heavy atom. The fourth-order valence-corrected chi connectivity index (χ4v) is 0.289. The molecule has 0 bridgehead atoms. The molecule has 0 saturated heterocycles. The molecule has 0 heterocycles. The molecule has 0 aromatic rings. The van der Waals surface area contributed by atoms with Crippen molar-refractivity contribution in [2.24, 2.45) is 5.92 Å². The van der Waals surface area contributed by atoms with Crippen LogP contribution >= 0.6 is 0 Å². The van der Waals surface area contributed by atoms with Crippen LogP contribution in [0, 0.1) is 19.3 Å². The van der Waals surface area contributed by atoms with Crippen LogP contribution in [0.3, 0.4) is 0 Å². The van der Waals surface area contributed by atoms with Gasteiger partial charge in [-0.05, 0) is 0 Å². The average molecular weight is 326 g/mol. The third-order valence-corrected chi connectivity index (χ3v) is 0.890. The second-order valence-electron chi connectivity index (χ2n) is 2.45. The summed E-state index contributed by atoms with van der Waals surface area (Å²) in [5.74, 6) is 0.400. The Hall–Kier alpha value is 0.358. The number of carbonyl (C=O) groups is 1. The van der Waals surface area contributed by atoms with Crippen LogP contribution in [0.25, 0.3) is 0 Å². The van der Waals surface area contributed by atoms with Crippen molar-refractivity contribution in [3.63, 3.8) is 0 Å². The van der Waals surface area contributed by atoms with Crippen molar-refractivity contribution in [1.29, 1.82) is 0 Å². The largest absolute Gasteiger partial charge is 2.00 e. The molecule has 0 spiro atoms. The number of carbonyl (C=O) groups excluding carboxylic acids is 1. The average Bonchev–Trinajstić information content (AvgIpc) is 1.88. The smallest absolute Gasteiger partial charge is 0.336 e. The molecule has 2 heteroatoms.